The zero-order valence-corrected chi connectivity index (χ0v) is 8.48. The Bertz CT molecular complexity index is 11.1. The fraction of sp³-hybridized carbons (Fsp3) is 1.00. The van der Waals surface area contributed by atoms with E-state index in [1.807, 2.05) is 0 Å². The van der Waals surface area contributed by atoms with Gasteiger partial charge in [-0.25, -0.2) is 0 Å². The summed E-state index contributed by atoms with van der Waals surface area (Å²) in [4.78, 5) is 0. The Morgan fingerprint density at radius 1 is 1.20 bits per heavy atom. The van der Waals surface area contributed by atoms with Gasteiger partial charge in [0, 0.05) is 0 Å². The van der Waals surface area contributed by atoms with Gasteiger partial charge in [-0.1, -0.05) is 0 Å². The van der Waals surface area contributed by atoms with Gasteiger partial charge in [-0.3, -0.25) is 0 Å². The summed E-state index contributed by atoms with van der Waals surface area (Å²) < 4.78 is 3.10. The Hall–Kier alpha value is 0.922. The Morgan fingerprint density at radius 3 is 1.60 bits per heavy atom. The second-order valence-corrected chi connectivity index (χ2v) is 9.70. The molecule has 1 heteroatoms. The molecule has 0 aliphatic rings. The first-order valence-electron chi connectivity index (χ1n) is 2.23. The van der Waals surface area contributed by atoms with Gasteiger partial charge >= 0.3 is 46.0 Å². The van der Waals surface area contributed by atoms with Crippen molar-refractivity contribution in [2.45, 2.75) is 21.8 Å². The number of hydrogen-bond acceptors (Lipinski definition) is 0. The van der Waals surface area contributed by atoms with Gasteiger partial charge in [0.1, 0.15) is 0 Å². The van der Waals surface area contributed by atoms with Crippen LogP contribution in [0.25, 0.3) is 0 Å². The molecule has 0 bridgehead atoms. The van der Waals surface area contributed by atoms with Crippen LogP contribution in [0, 0.1) is 0 Å². The van der Waals surface area contributed by atoms with Crippen LogP contribution in [0.2, 0.25) is 7.96 Å². The molecule has 0 nitrogen and oxygen atoms in total. The molecule has 0 heterocycles. The second-order valence-electron chi connectivity index (χ2n) is 1.11. The molecule has 0 saturated heterocycles. The van der Waals surface area contributed by atoms with Gasteiger partial charge in [-0.05, 0) is 0 Å². The normalized spacial score (nSPS) is 6.80. The first kappa shape index (κ1) is 5.92. The van der Waals surface area contributed by atoms with Crippen molar-refractivity contribution in [1.29, 1.82) is 0 Å². The Morgan fingerprint density at radius 2 is 1.60 bits per heavy atom. The minimum absolute atomic E-state index is 0.0463. The molecule has 0 aliphatic heterocycles. The molecule has 0 saturated carbocycles. The van der Waals surface area contributed by atoms with Gasteiger partial charge in [0.05, 0.1) is 0 Å². The Labute approximate surface area is 46.2 Å². The molecule has 0 N–H and O–H groups in total. The zero-order valence-electron chi connectivity index (χ0n) is 3.99. The van der Waals surface area contributed by atoms with Gasteiger partial charge < -0.3 is 0 Å². The van der Waals surface area contributed by atoms with Crippen LogP contribution in [0.15, 0.2) is 0 Å². The van der Waals surface area contributed by atoms with Crippen molar-refractivity contribution >= 4 is 24.2 Å². The van der Waals surface area contributed by atoms with Crippen LogP contribution in [0.3, 0.4) is 0 Å². The van der Waals surface area contributed by atoms with E-state index in [9.17, 15) is 0 Å². The SMILES string of the molecule is C[CH2][Tl][CH2]C. The van der Waals surface area contributed by atoms with Crippen molar-refractivity contribution in [3.8, 4) is 0 Å². The minimum atomic E-state index is -0.0463. The predicted octanol–water partition coefficient (Wildman–Crippen LogP) is 1.57. The molecule has 0 fully saturated rings. The van der Waals surface area contributed by atoms with Crippen LogP contribution in [0.5, 0.6) is 0 Å². The van der Waals surface area contributed by atoms with E-state index in [0.717, 1.165) is 0 Å². The molecular weight excluding hydrogens is 252 g/mol. The number of rotatable bonds is 2. The van der Waals surface area contributed by atoms with Crippen molar-refractivity contribution in [3.05, 3.63) is 0 Å². The summed E-state index contributed by atoms with van der Waals surface area (Å²) in [5, 5.41) is 0. The maximum atomic E-state index is 2.30. The first-order chi connectivity index (χ1) is 2.41. The fourth-order valence-electron chi connectivity index (χ4n) is 0.289. The Kier molecular flexibility index (Phi) is 5.83. The molecule has 0 atom stereocenters. The maximum absolute atomic E-state index is 2.30. The summed E-state index contributed by atoms with van der Waals surface area (Å²) in [6, 6.07) is 0. The fourth-order valence-corrected chi connectivity index (χ4v) is 2.53. The molecule has 0 unspecified atom stereocenters. The van der Waals surface area contributed by atoms with Crippen LogP contribution >= 0.6 is 0 Å². The molecule has 0 aromatic rings. The molecule has 29 valence electrons. The Balaban J connectivity index is 2.19. The molecule has 0 aliphatic carbocycles. The average Bonchev–Trinajstić information content (AvgIpc) is 1.41. The molecule has 0 amide bonds. The molecule has 0 radical (unpaired) electrons. The summed E-state index contributed by atoms with van der Waals surface area (Å²) in [7, 11) is 0. The van der Waals surface area contributed by atoms with Gasteiger partial charge in [0.2, 0.25) is 0 Å². The summed E-state index contributed by atoms with van der Waals surface area (Å²) in [5.74, 6) is 0. The van der Waals surface area contributed by atoms with Crippen LogP contribution in [0.4, 0.5) is 0 Å². The average molecular weight is 263 g/mol. The van der Waals surface area contributed by atoms with Crippen LogP contribution < -0.4 is 0 Å². The van der Waals surface area contributed by atoms with E-state index in [-0.39, 0.29) is 24.2 Å². The third kappa shape index (κ3) is 4.92. The summed E-state index contributed by atoms with van der Waals surface area (Å²) >= 11 is -0.0463. The van der Waals surface area contributed by atoms with Crippen molar-refractivity contribution in [2.75, 3.05) is 0 Å². The van der Waals surface area contributed by atoms with Crippen molar-refractivity contribution in [3.63, 3.8) is 0 Å². The second kappa shape index (κ2) is 4.92. The molecule has 5 heavy (non-hydrogen) atoms. The van der Waals surface area contributed by atoms with Gasteiger partial charge in [0.25, 0.3) is 0 Å². The van der Waals surface area contributed by atoms with E-state index in [4.69, 9.17) is 0 Å². The molecule has 0 aromatic carbocycles. The molecule has 0 aromatic heterocycles. The van der Waals surface area contributed by atoms with Crippen molar-refractivity contribution in [1.82, 2.24) is 0 Å². The van der Waals surface area contributed by atoms with Crippen molar-refractivity contribution in [2.24, 2.45) is 0 Å². The topological polar surface area (TPSA) is 0 Å². The van der Waals surface area contributed by atoms with E-state index in [0.29, 0.717) is 0 Å². The molecule has 0 rings (SSSR count). The van der Waals surface area contributed by atoms with Crippen molar-refractivity contribution < 1.29 is 0 Å². The third-order valence-electron chi connectivity index (χ3n) is 0.577. The quantitative estimate of drug-likeness (QED) is 0.663. The first-order valence-corrected chi connectivity index (χ1v) is 8.58. The monoisotopic (exact) mass is 263 g/mol. The van der Waals surface area contributed by atoms with Gasteiger partial charge in [-0.2, -0.15) is 0 Å². The van der Waals surface area contributed by atoms with E-state index in [1.54, 1.807) is 7.96 Å². The third-order valence-corrected chi connectivity index (χ3v) is 5.07. The van der Waals surface area contributed by atoms with Crippen LogP contribution in [-0.2, 0) is 0 Å². The van der Waals surface area contributed by atoms with Crippen LogP contribution in [0.1, 0.15) is 13.8 Å². The zero-order chi connectivity index (χ0) is 4.12. The molecular formula is C4H10Tl. The molecule has 0 spiro atoms. The van der Waals surface area contributed by atoms with E-state index in [2.05, 4.69) is 13.8 Å². The summed E-state index contributed by atoms with van der Waals surface area (Å²) in [6.45, 7) is 4.61. The standard InChI is InChI=1S/2C2H5.Tl/c2*1-2;/h2*1H2,2H3;. The van der Waals surface area contributed by atoms with Crippen LogP contribution in [-0.4, -0.2) is 24.2 Å². The van der Waals surface area contributed by atoms with E-state index >= 15 is 0 Å². The van der Waals surface area contributed by atoms with E-state index < -0.39 is 0 Å². The summed E-state index contributed by atoms with van der Waals surface area (Å²) in [5.41, 5.74) is 0. The van der Waals surface area contributed by atoms with E-state index in [1.165, 1.54) is 0 Å². The van der Waals surface area contributed by atoms with Gasteiger partial charge in [0.15, 0.2) is 0 Å². The van der Waals surface area contributed by atoms with Gasteiger partial charge in [-0.15, -0.1) is 0 Å². The predicted molar refractivity (Wildman–Crippen MR) is 26.7 cm³/mol. The summed E-state index contributed by atoms with van der Waals surface area (Å²) in [6.07, 6.45) is 0. The number of hydrogen-bond donors (Lipinski definition) is 0.